The van der Waals surface area contributed by atoms with Crippen molar-refractivity contribution < 1.29 is 31.1 Å². The molecule has 0 spiro atoms. The average molecular weight is 230 g/mol. The van der Waals surface area contributed by atoms with Gasteiger partial charge in [-0.2, -0.15) is 9.90 Å². The van der Waals surface area contributed by atoms with Crippen molar-refractivity contribution >= 4 is 9.90 Å². The van der Waals surface area contributed by atoms with Crippen molar-refractivity contribution in [2.24, 2.45) is 0 Å². The Labute approximate surface area is 53.8 Å². The van der Waals surface area contributed by atoms with Crippen LogP contribution in [0.5, 0.6) is 0 Å². The number of rotatable bonds is 0. The zero-order chi connectivity index (χ0) is 4.50. The molecule has 0 aromatic rings. The number of hydrogen-bond acceptors (Lipinski definition) is 4. The third-order valence-corrected chi connectivity index (χ3v) is 0. The zero-order valence-corrected chi connectivity index (χ0v) is 8.17. The SMILES string of the molecule is P.[NH4+].[NH4+].[O]=[Mo](=[O])([O-])[O-]. The first-order valence-corrected chi connectivity index (χ1v) is 3.94. The van der Waals surface area contributed by atoms with E-state index in [1.165, 1.54) is 0 Å². The fourth-order valence-corrected chi connectivity index (χ4v) is 0. The first kappa shape index (κ1) is 23.5. The molecule has 0 saturated heterocycles. The quantitative estimate of drug-likeness (QED) is 0.371. The van der Waals surface area contributed by atoms with Gasteiger partial charge in [0.05, 0.1) is 0 Å². The molecule has 0 aromatic heterocycles. The molecule has 0 heterocycles. The van der Waals surface area contributed by atoms with Crippen molar-refractivity contribution in [3.8, 4) is 0 Å². The molecule has 6 nitrogen and oxygen atoms in total. The molecular weight excluding hydrogens is 219 g/mol. The van der Waals surface area contributed by atoms with E-state index in [0.717, 1.165) is 0 Å². The Morgan fingerprint density at radius 2 is 1.00 bits per heavy atom. The second kappa shape index (κ2) is 7.56. The van der Waals surface area contributed by atoms with Crippen LogP contribution in [-0.2, 0) is 23.5 Å². The summed E-state index contributed by atoms with van der Waals surface area (Å²) in [5.74, 6) is 0. The topological polar surface area (TPSA) is 153 Å². The Hall–Kier alpha value is 0.558. The number of hydrogen-bond donors (Lipinski definition) is 2. The average Bonchev–Trinajstić information content (AvgIpc) is 0.722. The van der Waals surface area contributed by atoms with Gasteiger partial charge in [0, 0.05) is 0 Å². The summed E-state index contributed by atoms with van der Waals surface area (Å²) in [4.78, 5) is 0. The molecule has 0 bridgehead atoms. The molecule has 0 aliphatic carbocycles. The molecule has 0 saturated carbocycles. The van der Waals surface area contributed by atoms with E-state index in [-0.39, 0.29) is 22.2 Å². The monoisotopic (exact) mass is 232 g/mol. The van der Waals surface area contributed by atoms with E-state index in [1.54, 1.807) is 0 Å². The van der Waals surface area contributed by atoms with Crippen molar-refractivity contribution in [3.05, 3.63) is 0 Å². The predicted molar refractivity (Wildman–Crippen MR) is 24.4 cm³/mol. The van der Waals surface area contributed by atoms with Crippen LogP contribution in [0.4, 0.5) is 0 Å². The van der Waals surface area contributed by atoms with Crippen molar-refractivity contribution in [2.75, 3.05) is 0 Å². The van der Waals surface area contributed by atoms with Crippen molar-refractivity contribution in [1.29, 1.82) is 0 Å². The normalized spacial score (nSPS) is 7.25. The number of quaternary nitrogens is 2. The van der Waals surface area contributed by atoms with Crippen LogP contribution in [0.25, 0.3) is 0 Å². The van der Waals surface area contributed by atoms with Gasteiger partial charge in [-0.3, -0.25) is 0 Å². The van der Waals surface area contributed by atoms with Gasteiger partial charge in [-0.15, -0.1) is 0 Å². The van der Waals surface area contributed by atoms with E-state index in [2.05, 4.69) is 0 Å². The Morgan fingerprint density at radius 1 is 1.00 bits per heavy atom. The van der Waals surface area contributed by atoms with Gasteiger partial charge in [-0.05, 0) is 0 Å². The fraction of sp³-hybridized carbons (Fsp3) is 0. The van der Waals surface area contributed by atoms with Gasteiger partial charge in [-0.1, -0.05) is 0 Å². The summed E-state index contributed by atoms with van der Waals surface area (Å²) in [7, 11) is 0. The Kier molecular flexibility index (Phi) is 22.2. The summed E-state index contributed by atoms with van der Waals surface area (Å²) < 4.78 is 34.5. The zero-order valence-electron chi connectivity index (χ0n) is 4.75. The third kappa shape index (κ3) is 650. The molecule has 0 fully saturated rings. The van der Waals surface area contributed by atoms with E-state index in [9.17, 15) is 0 Å². The van der Waals surface area contributed by atoms with E-state index in [4.69, 9.17) is 14.3 Å². The van der Waals surface area contributed by atoms with Crippen LogP contribution >= 0.6 is 9.90 Å². The van der Waals surface area contributed by atoms with Crippen LogP contribution in [0.1, 0.15) is 0 Å². The maximum atomic E-state index is 8.63. The third-order valence-electron chi connectivity index (χ3n) is 0. The minimum atomic E-state index is -6.02. The molecule has 0 amide bonds. The van der Waals surface area contributed by atoms with Crippen LogP contribution in [-0.4, -0.2) is 0 Å². The summed E-state index contributed by atoms with van der Waals surface area (Å²) >= 11 is -6.02. The predicted octanol–water partition coefficient (Wildman–Crippen LogP) is -1.81. The van der Waals surface area contributed by atoms with E-state index >= 15 is 0 Å². The maximum absolute atomic E-state index is 8.63. The van der Waals surface area contributed by atoms with Crippen LogP contribution in [0, 0.1) is 0 Å². The van der Waals surface area contributed by atoms with E-state index < -0.39 is 16.7 Å². The van der Waals surface area contributed by atoms with Crippen molar-refractivity contribution in [1.82, 2.24) is 12.3 Å². The summed E-state index contributed by atoms with van der Waals surface area (Å²) in [6.07, 6.45) is 0. The molecule has 0 aliphatic rings. The first-order valence-electron chi connectivity index (χ1n) is 0.667. The molecule has 56 valence electrons. The molecule has 8 N–H and O–H groups in total. The van der Waals surface area contributed by atoms with Gasteiger partial charge in [0.2, 0.25) is 0 Å². The molecule has 0 rings (SSSR count). The van der Waals surface area contributed by atoms with E-state index in [1.807, 2.05) is 0 Å². The van der Waals surface area contributed by atoms with Crippen molar-refractivity contribution in [2.45, 2.75) is 0 Å². The second-order valence-corrected chi connectivity index (χ2v) is 2.42. The standard InChI is InChI=1S/Mo.2H3N.4O.H3P/h;2*1H3;;;;;1H3/q;;;;;2*-1;/p+2. The molecule has 8 heteroatoms. The van der Waals surface area contributed by atoms with Gasteiger partial charge in [-0.25, -0.2) is 0 Å². The first-order chi connectivity index (χ1) is 2.00. The Balaban J connectivity index is -0.0000000267. The van der Waals surface area contributed by atoms with Gasteiger partial charge >= 0.3 is 31.1 Å². The molecule has 0 aromatic carbocycles. The van der Waals surface area contributed by atoms with Gasteiger partial charge in [0.1, 0.15) is 0 Å². The van der Waals surface area contributed by atoms with Crippen LogP contribution < -0.4 is 19.8 Å². The van der Waals surface area contributed by atoms with Gasteiger partial charge in [0.25, 0.3) is 0 Å². The van der Waals surface area contributed by atoms with Crippen LogP contribution in [0.15, 0.2) is 0 Å². The molecule has 0 radical (unpaired) electrons. The fourth-order valence-electron chi connectivity index (χ4n) is 0. The Bertz CT molecular complexity index is 97.2. The summed E-state index contributed by atoms with van der Waals surface area (Å²) in [6, 6.07) is 0. The summed E-state index contributed by atoms with van der Waals surface area (Å²) in [5.41, 5.74) is 0. The van der Waals surface area contributed by atoms with Crippen LogP contribution in [0.2, 0.25) is 0 Å². The van der Waals surface area contributed by atoms with Crippen molar-refractivity contribution in [3.63, 3.8) is 0 Å². The second-order valence-electron chi connectivity index (χ2n) is 0.408. The molecule has 1 unspecified atom stereocenters. The molecule has 1 atom stereocenters. The van der Waals surface area contributed by atoms with Gasteiger partial charge in [0.15, 0.2) is 0 Å². The molecule has 0 aliphatic heterocycles. The summed E-state index contributed by atoms with van der Waals surface area (Å²) in [6.45, 7) is 0. The molecular formula is H11MoN2O4P. The summed E-state index contributed by atoms with van der Waals surface area (Å²) in [5, 5.41) is 0. The van der Waals surface area contributed by atoms with Crippen LogP contribution in [0.3, 0.4) is 0 Å². The molecule has 8 heavy (non-hydrogen) atoms. The van der Waals surface area contributed by atoms with E-state index in [0.29, 0.717) is 0 Å². The Morgan fingerprint density at radius 3 is 1.00 bits per heavy atom. The van der Waals surface area contributed by atoms with Gasteiger partial charge < -0.3 is 12.3 Å². The minimum absolute atomic E-state index is 0.